The Bertz CT molecular complexity index is 793. The van der Waals surface area contributed by atoms with Gasteiger partial charge in [0.05, 0.1) is 32.0 Å². The van der Waals surface area contributed by atoms with Gasteiger partial charge in [-0.25, -0.2) is 5.06 Å². The molecule has 7 heteroatoms. The Morgan fingerprint density at radius 1 is 1.10 bits per heavy atom. The Hall–Kier alpha value is -0.491. The van der Waals surface area contributed by atoms with E-state index in [1.165, 1.54) is 10.4 Å². The maximum absolute atomic E-state index is 10.9. The second kappa shape index (κ2) is 9.17. The van der Waals surface area contributed by atoms with Crippen molar-refractivity contribution in [3.63, 3.8) is 0 Å². The van der Waals surface area contributed by atoms with Crippen LogP contribution in [0.4, 0.5) is 0 Å². The third kappa shape index (κ3) is 3.89. The molecule has 5 nitrogen and oxygen atoms in total. The van der Waals surface area contributed by atoms with Crippen LogP contribution in [0.2, 0.25) is 5.04 Å². The molecule has 2 fully saturated rings. The predicted molar refractivity (Wildman–Crippen MR) is 115 cm³/mol. The van der Waals surface area contributed by atoms with Gasteiger partial charge in [-0.3, -0.25) is 0 Å². The monoisotopic (exact) mass is 650 g/mol. The molecule has 0 aromatic heterocycles. The zero-order chi connectivity index (χ0) is 20.7. The van der Waals surface area contributed by atoms with Gasteiger partial charge in [-0.15, -0.1) is 0 Å². The van der Waals surface area contributed by atoms with Gasteiger partial charge in [0.1, 0.15) is 0 Å². The maximum atomic E-state index is 10.9. The van der Waals surface area contributed by atoms with Crippen LogP contribution >= 0.6 is 0 Å². The standard InChI is InChI=1S/C23H30NO4Si.U/c1-22(2,3)29(18-11-7-5-8-12-18,19-13-9-6-10-14-19)28-17-23-16-24(26-4)20(15-27-23)21(23)25;/h5-15,20-21,25H,16-17H2,1-4H3;/q-1;/t20-,21-,23+;/m0./s1. The number of nitrogens with zero attached hydrogens (tertiary/aromatic N) is 1. The van der Waals surface area contributed by atoms with Crippen LogP contribution in [0, 0.1) is 37.7 Å². The molecule has 2 aliphatic heterocycles. The van der Waals surface area contributed by atoms with Crippen molar-refractivity contribution < 1.29 is 50.2 Å². The van der Waals surface area contributed by atoms with E-state index in [0.29, 0.717) is 13.2 Å². The van der Waals surface area contributed by atoms with Crippen molar-refractivity contribution in [1.29, 1.82) is 0 Å². The molecule has 1 N–H and O–H groups in total. The van der Waals surface area contributed by atoms with Gasteiger partial charge < -0.3 is 19.1 Å². The van der Waals surface area contributed by atoms with Crippen LogP contribution in [0.25, 0.3) is 0 Å². The van der Waals surface area contributed by atoms with Crippen LogP contribution in [0.15, 0.2) is 60.7 Å². The summed E-state index contributed by atoms with van der Waals surface area (Å²) in [4.78, 5) is 5.43. The molecule has 0 unspecified atom stereocenters. The van der Waals surface area contributed by atoms with Crippen LogP contribution in [-0.2, 0) is 14.0 Å². The molecule has 0 radical (unpaired) electrons. The largest absolute Gasteiger partial charge is 0.541 e. The zero-order valence-corrected chi connectivity index (χ0v) is 23.2. The van der Waals surface area contributed by atoms with E-state index in [4.69, 9.17) is 14.0 Å². The van der Waals surface area contributed by atoms with Gasteiger partial charge in [-0.2, -0.15) is 6.61 Å². The van der Waals surface area contributed by atoms with Crippen molar-refractivity contribution in [2.24, 2.45) is 0 Å². The Balaban J connectivity index is 0.00000256. The Morgan fingerprint density at radius 2 is 1.63 bits per heavy atom. The predicted octanol–water partition coefficient (Wildman–Crippen LogP) is 2.10. The molecule has 30 heavy (non-hydrogen) atoms. The van der Waals surface area contributed by atoms with Crippen molar-refractivity contribution in [2.75, 3.05) is 20.3 Å². The number of aliphatic hydroxyl groups is 1. The van der Waals surface area contributed by atoms with Gasteiger partial charge >= 0.3 is 0 Å². The number of hydrogen-bond acceptors (Lipinski definition) is 5. The normalized spacial score (nSPS) is 26.6. The fraction of sp³-hybridized carbons (Fsp3) is 0.435. The summed E-state index contributed by atoms with van der Waals surface area (Å²) in [6.45, 7) is 9.18. The molecule has 2 saturated heterocycles. The van der Waals surface area contributed by atoms with Crippen molar-refractivity contribution in [3.05, 3.63) is 67.3 Å². The minimum atomic E-state index is -2.69. The van der Waals surface area contributed by atoms with Crippen LogP contribution in [0.3, 0.4) is 0 Å². The molecular weight excluding hydrogens is 620 g/mol. The fourth-order valence-corrected chi connectivity index (χ4v) is 9.35. The second-order valence-electron chi connectivity index (χ2n) is 8.96. The molecular formula is C23H30NO4SiU-. The van der Waals surface area contributed by atoms with Gasteiger partial charge in [-0.05, 0) is 21.5 Å². The molecule has 2 aromatic carbocycles. The van der Waals surface area contributed by atoms with E-state index in [0.717, 1.165) is 0 Å². The first kappa shape index (κ1) is 24.2. The molecule has 160 valence electrons. The van der Waals surface area contributed by atoms with Crippen LogP contribution in [-0.4, -0.2) is 56.5 Å². The molecule has 0 saturated carbocycles. The first-order valence-corrected chi connectivity index (χ1v) is 12.0. The summed E-state index contributed by atoms with van der Waals surface area (Å²) in [6.07, 6.45) is -0.680. The number of hydrogen-bond donors (Lipinski definition) is 1. The number of aliphatic hydroxyl groups excluding tert-OH is 1. The summed E-state index contributed by atoms with van der Waals surface area (Å²) >= 11 is 0. The summed E-state index contributed by atoms with van der Waals surface area (Å²) in [5.74, 6) is 0. The van der Waals surface area contributed by atoms with E-state index in [1.807, 2.05) is 12.1 Å². The van der Waals surface area contributed by atoms with Crippen molar-refractivity contribution in [2.45, 2.75) is 43.6 Å². The summed E-state index contributed by atoms with van der Waals surface area (Å²) in [5, 5.41) is 14.9. The molecule has 2 aromatic rings. The second-order valence-corrected chi connectivity index (χ2v) is 13.3. The van der Waals surface area contributed by atoms with E-state index in [2.05, 4.69) is 69.3 Å². The third-order valence-electron chi connectivity index (χ3n) is 6.25. The molecule has 0 aliphatic carbocycles. The average molecular weight is 651 g/mol. The number of benzene rings is 2. The van der Waals surface area contributed by atoms with Gasteiger partial charge in [0.15, 0.2) is 0 Å². The van der Waals surface area contributed by atoms with Crippen LogP contribution in [0.5, 0.6) is 0 Å². The van der Waals surface area contributed by atoms with Gasteiger partial charge in [-0.1, -0.05) is 81.4 Å². The van der Waals surface area contributed by atoms with Gasteiger partial charge in [0.2, 0.25) is 0 Å². The molecule has 0 amide bonds. The first-order valence-electron chi connectivity index (χ1n) is 10.1. The van der Waals surface area contributed by atoms with E-state index in [1.54, 1.807) is 18.8 Å². The molecule has 2 heterocycles. The summed E-state index contributed by atoms with van der Waals surface area (Å²) in [6, 6.07) is 20.7. The maximum Gasteiger partial charge on any atom is 0.261 e. The van der Waals surface area contributed by atoms with Crippen LogP contribution < -0.4 is 10.4 Å². The zero-order valence-electron chi connectivity index (χ0n) is 18.0. The minimum absolute atomic E-state index is 0. The van der Waals surface area contributed by atoms with E-state index in [9.17, 15) is 5.11 Å². The topological polar surface area (TPSA) is 51.2 Å². The third-order valence-corrected chi connectivity index (χ3v) is 11.2. The Kier molecular flexibility index (Phi) is 7.38. The number of ether oxygens (including phenoxy) is 1. The van der Waals surface area contributed by atoms with Crippen molar-refractivity contribution >= 4 is 18.7 Å². The van der Waals surface area contributed by atoms with Gasteiger partial charge in [0, 0.05) is 31.1 Å². The van der Waals surface area contributed by atoms with E-state index >= 15 is 0 Å². The van der Waals surface area contributed by atoms with E-state index in [-0.39, 0.29) is 42.2 Å². The van der Waals surface area contributed by atoms with Crippen LogP contribution in [0.1, 0.15) is 20.8 Å². The average Bonchev–Trinajstić information content (AvgIpc) is 3.18. The van der Waals surface area contributed by atoms with Crippen molar-refractivity contribution in [3.8, 4) is 0 Å². The van der Waals surface area contributed by atoms with E-state index < -0.39 is 20.0 Å². The summed E-state index contributed by atoms with van der Waals surface area (Å²) in [5.41, 5.74) is -0.812. The molecule has 0 spiro atoms. The number of fused-ring (bicyclic) bond motifs is 2. The minimum Gasteiger partial charge on any atom is -0.541 e. The fourth-order valence-electron chi connectivity index (χ4n) is 4.73. The number of hydroxylamine groups is 2. The SMILES string of the molecule is CON1C[C@]2(CO[Si](c3ccccc3)(c3ccccc3)C(C)(C)C)O[CH-][C@H]1[C@@H]2O.[U]. The summed E-state index contributed by atoms with van der Waals surface area (Å²) in [7, 11) is -1.06. The first-order chi connectivity index (χ1) is 13.8. The molecule has 2 bridgehead atoms. The molecule has 3 atom stereocenters. The Morgan fingerprint density at radius 3 is 2.07 bits per heavy atom. The Labute approximate surface area is 204 Å². The van der Waals surface area contributed by atoms with Gasteiger partial charge in [0.25, 0.3) is 8.32 Å². The molecule has 4 rings (SSSR count). The quantitative estimate of drug-likeness (QED) is 0.384. The van der Waals surface area contributed by atoms with Crippen molar-refractivity contribution in [1.82, 2.24) is 5.06 Å². The number of rotatable bonds is 6. The number of morpholine rings is 1. The molecule has 2 aliphatic rings. The smallest absolute Gasteiger partial charge is 0.261 e. The summed E-state index contributed by atoms with van der Waals surface area (Å²) < 4.78 is 13.0.